The van der Waals surface area contributed by atoms with Crippen molar-refractivity contribution >= 4 is 5.78 Å². The fourth-order valence-corrected chi connectivity index (χ4v) is 2.81. The van der Waals surface area contributed by atoms with Crippen LogP contribution in [0.3, 0.4) is 0 Å². The highest BCUT2D eigenvalue weighted by Gasteiger charge is 2.46. The first-order chi connectivity index (χ1) is 5.68. The minimum atomic E-state index is 0.374. The third-order valence-electron chi connectivity index (χ3n) is 3.37. The summed E-state index contributed by atoms with van der Waals surface area (Å²) >= 11 is 0. The second-order valence-electron chi connectivity index (χ2n) is 4.54. The van der Waals surface area contributed by atoms with Gasteiger partial charge in [-0.25, -0.2) is 0 Å². The van der Waals surface area contributed by atoms with Crippen molar-refractivity contribution in [3.05, 3.63) is 0 Å². The molecule has 2 rings (SSSR count). The Balaban J connectivity index is 2.02. The Kier molecular flexibility index (Phi) is 1.95. The lowest BCUT2D eigenvalue weighted by atomic mass is 9.87. The Bertz CT molecular complexity index is 200. The summed E-state index contributed by atoms with van der Waals surface area (Å²) in [6, 6.07) is 0. The van der Waals surface area contributed by atoms with Gasteiger partial charge in [0.1, 0.15) is 5.78 Å². The summed E-state index contributed by atoms with van der Waals surface area (Å²) in [5.74, 6) is 2.10. The zero-order valence-corrected chi connectivity index (χ0v) is 7.92. The number of hydrogen-bond donors (Lipinski definition) is 0. The third-order valence-corrected chi connectivity index (χ3v) is 3.37. The lowest BCUT2D eigenvalue weighted by Gasteiger charge is -2.23. The molecule has 2 aliphatic rings. The predicted octanol–water partition coefficient (Wildman–Crippen LogP) is 1.16. The topological polar surface area (TPSA) is 20.3 Å². The van der Waals surface area contributed by atoms with Gasteiger partial charge in [-0.2, -0.15) is 0 Å². The molecule has 1 unspecified atom stereocenters. The first kappa shape index (κ1) is 8.24. The molecule has 0 radical (unpaired) electrons. The fourth-order valence-electron chi connectivity index (χ4n) is 2.81. The Labute approximate surface area is 73.9 Å². The summed E-state index contributed by atoms with van der Waals surface area (Å²) in [6.45, 7) is 0.972. The maximum atomic E-state index is 11.7. The van der Waals surface area contributed by atoms with E-state index in [1.54, 1.807) is 0 Å². The van der Waals surface area contributed by atoms with Crippen molar-refractivity contribution in [2.75, 3.05) is 20.6 Å². The van der Waals surface area contributed by atoms with E-state index in [-0.39, 0.29) is 0 Å². The van der Waals surface area contributed by atoms with E-state index in [9.17, 15) is 4.79 Å². The number of nitrogens with zero attached hydrogens (tertiary/aromatic N) is 1. The van der Waals surface area contributed by atoms with Gasteiger partial charge < -0.3 is 4.90 Å². The second-order valence-corrected chi connectivity index (χ2v) is 4.54. The SMILES string of the molecule is CN(C)CC1C(=O)[C@H]2CC[C@@H]1C2. The van der Waals surface area contributed by atoms with Gasteiger partial charge >= 0.3 is 0 Å². The van der Waals surface area contributed by atoms with E-state index in [0.717, 1.165) is 12.5 Å². The molecule has 2 nitrogen and oxygen atoms in total. The van der Waals surface area contributed by atoms with E-state index < -0.39 is 0 Å². The van der Waals surface area contributed by atoms with Crippen molar-refractivity contribution in [1.82, 2.24) is 4.90 Å². The van der Waals surface area contributed by atoms with Crippen LogP contribution in [0, 0.1) is 17.8 Å². The number of fused-ring (bicyclic) bond motifs is 2. The van der Waals surface area contributed by atoms with Gasteiger partial charge in [-0.15, -0.1) is 0 Å². The van der Waals surface area contributed by atoms with Gasteiger partial charge in [-0.1, -0.05) is 0 Å². The third kappa shape index (κ3) is 1.18. The summed E-state index contributed by atoms with van der Waals surface area (Å²) in [5, 5.41) is 0. The van der Waals surface area contributed by atoms with Gasteiger partial charge in [0.25, 0.3) is 0 Å². The number of carbonyl (C=O) groups excluding carboxylic acids is 1. The molecule has 0 aromatic rings. The number of rotatable bonds is 2. The first-order valence-electron chi connectivity index (χ1n) is 4.87. The Morgan fingerprint density at radius 1 is 1.42 bits per heavy atom. The molecule has 2 heteroatoms. The number of carbonyl (C=O) groups is 1. The molecule has 0 N–H and O–H groups in total. The van der Waals surface area contributed by atoms with E-state index in [2.05, 4.69) is 19.0 Å². The van der Waals surface area contributed by atoms with Crippen molar-refractivity contribution in [2.45, 2.75) is 19.3 Å². The van der Waals surface area contributed by atoms with Gasteiger partial charge in [0.15, 0.2) is 0 Å². The van der Waals surface area contributed by atoms with Gasteiger partial charge in [-0.3, -0.25) is 4.79 Å². The molecule has 3 atom stereocenters. The lowest BCUT2D eigenvalue weighted by Crippen LogP contribution is -2.31. The highest BCUT2D eigenvalue weighted by atomic mass is 16.1. The Hall–Kier alpha value is -0.370. The van der Waals surface area contributed by atoms with E-state index in [1.165, 1.54) is 19.3 Å². The minimum Gasteiger partial charge on any atom is -0.309 e. The second kappa shape index (κ2) is 2.84. The average Bonchev–Trinajstić information content (AvgIpc) is 2.53. The van der Waals surface area contributed by atoms with Gasteiger partial charge in [-0.05, 0) is 39.3 Å². The molecule has 0 heterocycles. The average molecular weight is 167 g/mol. The predicted molar refractivity (Wildman–Crippen MR) is 47.9 cm³/mol. The Morgan fingerprint density at radius 2 is 2.17 bits per heavy atom. The van der Waals surface area contributed by atoms with Crippen LogP contribution in [0.25, 0.3) is 0 Å². The summed E-state index contributed by atoms with van der Waals surface area (Å²) in [5.41, 5.74) is 0. The van der Waals surface area contributed by atoms with Crippen LogP contribution < -0.4 is 0 Å². The molecule has 0 amide bonds. The molecule has 0 saturated heterocycles. The van der Waals surface area contributed by atoms with Crippen LogP contribution in [0.2, 0.25) is 0 Å². The molecular weight excluding hydrogens is 150 g/mol. The molecule has 0 aromatic carbocycles. The monoisotopic (exact) mass is 167 g/mol. The summed E-state index contributed by atoms with van der Waals surface area (Å²) in [4.78, 5) is 13.8. The fraction of sp³-hybridized carbons (Fsp3) is 0.900. The summed E-state index contributed by atoms with van der Waals surface area (Å²) in [6.07, 6.45) is 3.67. The van der Waals surface area contributed by atoms with Crippen LogP contribution >= 0.6 is 0 Å². The van der Waals surface area contributed by atoms with Crippen LogP contribution in [0.5, 0.6) is 0 Å². The van der Waals surface area contributed by atoms with E-state index in [1.807, 2.05) is 0 Å². The standard InChI is InChI=1S/C10H17NO/c1-11(2)6-9-7-3-4-8(5-7)10(9)12/h7-9H,3-6H2,1-2H3/t7-,8+,9?/m1/s1. The number of Topliss-reactive ketones (excluding diaryl/α,β-unsaturated/α-hetero) is 1. The minimum absolute atomic E-state index is 0.374. The summed E-state index contributed by atoms with van der Waals surface area (Å²) < 4.78 is 0. The molecule has 2 aliphatic carbocycles. The van der Waals surface area contributed by atoms with Gasteiger partial charge in [0.05, 0.1) is 0 Å². The summed E-state index contributed by atoms with van der Waals surface area (Å²) in [7, 11) is 4.11. The molecule has 2 saturated carbocycles. The molecule has 2 fully saturated rings. The van der Waals surface area contributed by atoms with Crippen LogP contribution in [0.15, 0.2) is 0 Å². The van der Waals surface area contributed by atoms with Crippen LogP contribution in [-0.2, 0) is 4.79 Å². The molecule has 0 aromatic heterocycles. The van der Waals surface area contributed by atoms with Crippen LogP contribution in [-0.4, -0.2) is 31.3 Å². The highest BCUT2D eigenvalue weighted by molar-refractivity contribution is 5.87. The molecular formula is C10H17NO. The van der Waals surface area contributed by atoms with Crippen molar-refractivity contribution in [1.29, 1.82) is 0 Å². The van der Waals surface area contributed by atoms with E-state index >= 15 is 0 Å². The first-order valence-corrected chi connectivity index (χ1v) is 4.87. The van der Waals surface area contributed by atoms with Crippen LogP contribution in [0.1, 0.15) is 19.3 Å². The molecule has 0 aliphatic heterocycles. The molecule has 12 heavy (non-hydrogen) atoms. The van der Waals surface area contributed by atoms with E-state index in [4.69, 9.17) is 0 Å². The normalized spacial score (nSPS) is 39.9. The highest BCUT2D eigenvalue weighted by Crippen LogP contribution is 2.45. The smallest absolute Gasteiger partial charge is 0.140 e. The van der Waals surface area contributed by atoms with Gasteiger partial charge in [0, 0.05) is 18.4 Å². The molecule has 2 bridgehead atoms. The largest absolute Gasteiger partial charge is 0.309 e. The zero-order chi connectivity index (χ0) is 8.72. The van der Waals surface area contributed by atoms with Crippen molar-refractivity contribution < 1.29 is 4.79 Å². The molecule has 68 valence electrons. The maximum Gasteiger partial charge on any atom is 0.140 e. The van der Waals surface area contributed by atoms with E-state index in [0.29, 0.717) is 17.6 Å². The zero-order valence-electron chi connectivity index (χ0n) is 7.92. The molecule has 0 spiro atoms. The number of hydrogen-bond acceptors (Lipinski definition) is 2. The van der Waals surface area contributed by atoms with Crippen molar-refractivity contribution in [3.8, 4) is 0 Å². The van der Waals surface area contributed by atoms with Crippen molar-refractivity contribution in [3.63, 3.8) is 0 Å². The quantitative estimate of drug-likeness (QED) is 0.615. The van der Waals surface area contributed by atoms with Gasteiger partial charge in [0.2, 0.25) is 0 Å². The van der Waals surface area contributed by atoms with Crippen LogP contribution in [0.4, 0.5) is 0 Å². The Morgan fingerprint density at radius 3 is 2.67 bits per heavy atom. The number of ketones is 1. The lowest BCUT2D eigenvalue weighted by molar-refractivity contribution is -0.126. The van der Waals surface area contributed by atoms with Crippen molar-refractivity contribution in [2.24, 2.45) is 17.8 Å². The maximum absolute atomic E-state index is 11.7.